The van der Waals surface area contributed by atoms with Crippen LogP contribution in [0.1, 0.15) is 12.5 Å². The first-order valence-electron chi connectivity index (χ1n) is 6.67. The van der Waals surface area contributed by atoms with Crippen molar-refractivity contribution in [2.45, 2.75) is 13.1 Å². The number of amides is 1. The average Bonchev–Trinajstić information content (AvgIpc) is 2.52. The van der Waals surface area contributed by atoms with Gasteiger partial charge >= 0.3 is 6.18 Å². The minimum atomic E-state index is -4.53. The van der Waals surface area contributed by atoms with E-state index >= 15 is 0 Å². The molecule has 0 saturated carbocycles. The lowest BCUT2D eigenvalue weighted by Crippen LogP contribution is -2.32. The highest BCUT2D eigenvalue weighted by Gasteiger charge is 2.31. The molecule has 4 nitrogen and oxygen atoms in total. The first-order chi connectivity index (χ1) is 10.8. The molecule has 0 radical (unpaired) electrons. The number of hydrogen-bond acceptors (Lipinski definition) is 3. The molecule has 1 amide bonds. The lowest BCUT2D eigenvalue weighted by molar-refractivity contribution is -0.137. The number of anilines is 1. The molecule has 0 atom stereocenters. The third kappa shape index (κ3) is 4.88. The Morgan fingerprint density at radius 2 is 2.17 bits per heavy atom. The van der Waals surface area contributed by atoms with Gasteiger partial charge in [0.15, 0.2) is 5.57 Å². The summed E-state index contributed by atoms with van der Waals surface area (Å²) in [7, 11) is 0. The maximum Gasteiger partial charge on any atom is 0.416 e. The zero-order chi connectivity index (χ0) is 17.5. The van der Waals surface area contributed by atoms with Crippen molar-refractivity contribution >= 4 is 11.6 Å². The second kappa shape index (κ2) is 8.03. The van der Waals surface area contributed by atoms with Gasteiger partial charge in [0, 0.05) is 12.2 Å². The average molecular weight is 324 g/mol. The highest BCUT2D eigenvalue weighted by Crippen LogP contribution is 2.31. The molecule has 0 bridgehead atoms. The van der Waals surface area contributed by atoms with Crippen LogP contribution in [0, 0.1) is 11.3 Å². The first-order valence-corrected chi connectivity index (χ1v) is 6.67. The van der Waals surface area contributed by atoms with E-state index in [0.29, 0.717) is 0 Å². The summed E-state index contributed by atoms with van der Waals surface area (Å²) in [5.74, 6) is -0.764. The number of hydrogen-bond donors (Lipinski definition) is 0. The molecule has 0 heterocycles. The molecular weight excluding hydrogens is 309 g/mol. The smallest absolute Gasteiger partial charge is 0.416 e. The predicted octanol–water partition coefficient (Wildman–Crippen LogP) is 3.67. The Bertz CT molecular complexity index is 645. The van der Waals surface area contributed by atoms with Crippen LogP contribution in [0.3, 0.4) is 0 Å². The first kappa shape index (κ1) is 18.3. The van der Waals surface area contributed by atoms with Crippen LogP contribution in [0.25, 0.3) is 0 Å². The maximum atomic E-state index is 12.8. The quantitative estimate of drug-likeness (QED) is 0.347. The van der Waals surface area contributed by atoms with Gasteiger partial charge in [-0.05, 0) is 25.1 Å². The molecule has 0 aliphatic carbocycles. The van der Waals surface area contributed by atoms with Gasteiger partial charge in [0.05, 0.1) is 12.2 Å². The highest BCUT2D eigenvalue weighted by molar-refractivity contribution is 6.08. The van der Waals surface area contributed by atoms with Crippen LogP contribution in [0.5, 0.6) is 0 Å². The standard InChI is InChI=1S/C16H15F3N2O2/c1-3-8-21(15(22)12(10-20)11-23-4-2)14-7-5-6-13(9-14)16(17,18)19/h3,5-7,9,11H,1,4,8H2,2H3/b12-11-. The molecule has 1 aromatic carbocycles. The molecule has 0 aliphatic rings. The van der Waals surface area contributed by atoms with E-state index in [2.05, 4.69) is 6.58 Å². The van der Waals surface area contributed by atoms with Crippen molar-refractivity contribution in [3.05, 3.63) is 54.3 Å². The molecule has 0 saturated heterocycles. The third-order valence-corrected chi connectivity index (χ3v) is 2.76. The van der Waals surface area contributed by atoms with Crippen molar-refractivity contribution < 1.29 is 22.7 Å². The fraction of sp³-hybridized carbons (Fsp3) is 0.250. The molecule has 0 spiro atoms. The topological polar surface area (TPSA) is 53.3 Å². The molecule has 0 aliphatic heterocycles. The van der Waals surface area contributed by atoms with E-state index in [-0.39, 0.29) is 24.4 Å². The molecule has 7 heteroatoms. The van der Waals surface area contributed by atoms with E-state index in [1.165, 1.54) is 18.2 Å². The van der Waals surface area contributed by atoms with E-state index in [0.717, 1.165) is 23.3 Å². The predicted molar refractivity (Wildman–Crippen MR) is 79.3 cm³/mol. The fourth-order valence-corrected chi connectivity index (χ4v) is 1.72. The molecule has 1 aromatic rings. The second-order valence-electron chi connectivity index (χ2n) is 4.35. The number of alkyl halides is 3. The summed E-state index contributed by atoms with van der Waals surface area (Å²) in [5.41, 5.74) is -1.18. The Morgan fingerprint density at radius 1 is 1.48 bits per heavy atom. The number of halogens is 3. The summed E-state index contributed by atoms with van der Waals surface area (Å²) in [4.78, 5) is 13.4. The van der Waals surface area contributed by atoms with Crippen molar-refractivity contribution in [1.29, 1.82) is 5.26 Å². The SMILES string of the molecule is C=CCN(C(=O)/C(C#N)=C\OCC)c1cccc(C(F)(F)F)c1. The summed E-state index contributed by atoms with van der Waals surface area (Å²) in [6.45, 7) is 5.35. The molecule has 122 valence electrons. The Hall–Kier alpha value is -2.75. The van der Waals surface area contributed by atoms with Gasteiger partial charge in [0.1, 0.15) is 12.3 Å². The Balaban J connectivity index is 3.24. The largest absolute Gasteiger partial charge is 0.500 e. The van der Waals surface area contributed by atoms with Crippen molar-refractivity contribution in [1.82, 2.24) is 0 Å². The van der Waals surface area contributed by atoms with Crippen LogP contribution in [-0.2, 0) is 15.7 Å². The Labute approximate surface area is 132 Å². The number of benzene rings is 1. The normalized spacial score (nSPS) is 11.5. The van der Waals surface area contributed by atoms with Gasteiger partial charge in [-0.15, -0.1) is 6.58 Å². The number of nitrogens with zero attached hydrogens (tertiary/aromatic N) is 2. The van der Waals surface area contributed by atoms with Crippen LogP contribution in [-0.4, -0.2) is 19.1 Å². The molecule has 23 heavy (non-hydrogen) atoms. The summed E-state index contributed by atoms with van der Waals surface area (Å²) >= 11 is 0. The Kier molecular flexibility index (Phi) is 6.39. The van der Waals surface area contributed by atoms with Gasteiger partial charge in [-0.1, -0.05) is 12.1 Å². The number of carbonyl (C=O) groups is 1. The van der Waals surface area contributed by atoms with Crippen LogP contribution < -0.4 is 4.90 Å². The fourth-order valence-electron chi connectivity index (χ4n) is 1.72. The molecule has 0 aromatic heterocycles. The molecule has 0 unspecified atom stereocenters. The van der Waals surface area contributed by atoms with E-state index in [4.69, 9.17) is 10.00 Å². The van der Waals surface area contributed by atoms with Crippen LogP contribution in [0.15, 0.2) is 48.8 Å². The van der Waals surface area contributed by atoms with Crippen molar-refractivity contribution in [2.24, 2.45) is 0 Å². The van der Waals surface area contributed by atoms with Crippen LogP contribution in [0.2, 0.25) is 0 Å². The lowest BCUT2D eigenvalue weighted by Gasteiger charge is -2.22. The van der Waals surface area contributed by atoms with Gasteiger partial charge in [0.2, 0.25) is 0 Å². The minimum Gasteiger partial charge on any atom is -0.500 e. The summed E-state index contributed by atoms with van der Waals surface area (Å²) in [6, 6.07) is 5.97. The number of rotatable bonds is 6. The monoisotopic (exact) mass is 324 g/mol. The van der Waals surface area contributed by atoms with Gasteiger partial charge < -0.3 is 9.64 Å². The van der Waals surface area contributed by atoms with Gasteiger partial charge in [-0.2, -0.15) is 18.4 Å². The van der Waals surface area contributed by atoms with Crippen LogP contribution in [0.4, 0.5) is 18.9 Å². The van der Waals surface area contributed by atoms with Gasteiger partial charge in [-0.25, -0.2) is 0 Å². The molecule has 0 fully saturated rings. The van der Waals surface area contributed by atoms with Gasteiger partial charge in [0.25, 0.3) is 5.91 Å². The third-order valence-electron chi connectivity index (χ3n) is 2.76. The van der Waals surface area contributed by atoms with E-state index in [1.54, 1.807) is 13.0 Å². The van der Waals surface area contributed by atoms with Gasteiger partial charge in [-0.3, -0.25) is 4.79 Å². The summed E-state index contributed by atoms with van der Waals surface area (Å²) in [6.07, 6.45) is -2.18. The number of nitriles is 1. The van der Waals surface area contributed by atoms with E-state index in [9.17, 15) is 18.0 Å². The van der Waals surface area contributed by atoms with E-state index < -0.39 is 17.6 Å². The lowest BCUT2D eigenvalue weighted by atomic mass is 10.1. The Morgan fingerprint density at radius 3 is 2.70 bits per heavy atom. The zero-order valence-corrected chi connectivity index (χ0v) is 12.4. The van der Waals surface area contributed by atoms with Crippen molar-refractivity contribution in [3.8, 4) is 6.07 Å². The molecule has 1 rings (SSSR count). The maximum absolute atomic E-state index is 12.8. The van der Waals surface area contributed by atoms with Crippen molar-refractivity contribution in [2.75, 3.05) is 18.1 Å². The molecule has 0 N–H and O–H groups in total. The minimum absolute atomic E-state index is 0.0161. The van der Waals surface area contributed by atoms with Crippen molar-refractivity contribution in [3.63, 3.8) is 0 Å². The highest BCUT2D eigenvalue weighted by atomic mass is 19.4. The summed E-state index contributed by atoms with van der Waals surface area (Å²) in [5, 5.41) is 9.02. The molecular formula is C16H15F3N2O2. The zero-order valence-electron chi connectivity index (χ0n) is 12.4. The number of carbonyl (C=O) groups excluding carboxylic acids is 1. The summed E-state index contributed by atoms with van der Waals surface area (Å²) < 4.78 is 43.3. The van der Waals surface area contributed by atoms with E-state index in [1.807, 2.05) is 0 Å². The second-order valence-corrected chi connectivity index (χ2v) is 4.35. The van der Waals surface area contributed by atoms with Crippen LogP contribution >= 0.6 is 0 Å². The number of ether oxygens (including phenoxy) is 1.